The molecule has 0 saturated carbocycles. The Morgan fingerprint density at radius 1 is 1.33 bits per heavy atom. The zero-order chi connectivity index (χ0) is 22.8. The molecule has 4 rings (SSSR count). The molecule has 1 aromatic carbocycles. The quantitative estimate of drug-likeness (QED) is 0.320. The normalized spacial score (nSPS) is 20.9. The van der Waals surface area contributed by atoms with Gasteiger partial charge in [-0.3, -0.25) is 14.5 Å². The molecular formula is C20H25ClN2O6S. The molecule has 1 aromatic rings. The van der Waals surface area contributed by atoms with Crippen LogP contribution in [0.2, 0.25) is 0 Å². The summed E-state index contributed by atoms with van der Waals surface area (Å²) in [5, 5.41) is 1.36. The molecule has 4 unspecified atom stereocenters. The predicted molar refractivity (Wildman–Crippen MR) is 113 cm³/mol. The van der Waals surface area contributed by atoms with Gasteiger partial charge < -0.3 is 19.3 Å². The third-order valence-corrected chi connectivity index (χ3v) is 5.47. The number of amides is 2. The number of likely N-dealkylation sites (tertiary alicyclic amines) is 1. The highest BCUT2D eigenvalue weighted by atomic mass is 35.7. The highest BCUT2D eigenvalue weighted by Gasteiger charge is 2.60. The molecule has 1 fully saturated rings. The average Bonchev–Trinajstić information content (AvgIpc) is 2.58. The zero-order valence-electron chi connectivity index (χ0n) is 17.4. The molecule has 1 saturated heterocycles. The smallest absolute Gasteiger partial charge is 0.333 e. The first-order valence-corrected chi connectivity index (χ1v) is 11.2. The van der Waals surface area contributed by atoms with Gasteiger partial charge in [0, 0.05) is 13.0 Å². The van der Waals surface area contributed by atoms with Crippen LogP contribution in [-0.2, 0) is 29.5 Å². The molecule has 8 nitrogen and oxygen atoms in total. The number of ether oxygens (including phenoxy) is 2. The molecule has 1 N–H and O–H groups in total. The number of benzene rings is 1. The fraction of sp³-hybridized carbons (Fsp3) is 0.450. The summed E-state index contributed by atoms with van der Waals surface area (Å²) in [6.45, 7) is 11.6. The Kier molecular flexibility index (Phi) is 7.44. The van der Waals surface area contributed by atoms with Crippen molar-refractivity contribution in [3.63, 3.8) is 0 Å². The molecule has 0 aliphatic carbocycles. The van der Waals surface area contributed by atoms with Crippen LogP contribution in [0.15, 0.2) is 36.4 Å². The Morgan fingerprint density at radius 3 is 2.17 bits per heavy atom. The molecular weight excluding hydrogens is 432 g/mol. The first kappa shape index (κ1) is 24.0. The Morgan fingerprint density at radius 2 is 1.87 bits per heavy atom. The van der Waals surface area contributed by atoms with Crippen LogP contribution < -0.4 is 10.1 Å². The Labute approximate surface area is 183 Å². The molecule has 0 aromatic heterocycles. The van der Waals surface area contributed by atoms with E-state index < -0.39 is 51.2 Å². The molecule has 2 amide bonds. The summed E-state index contributed by atoms with van der Waals surface area (Å²) in [4.78, 5) is 36.9. The van der Waals surface area contributed by atoms with E-state index in [2.05, 4.69) is 11.9 Å². The lowest BCUT2D eigenvalue weighted by molar-refractivity contribution is -0.170. The molecule has 3 aliphatic heterocycles. The Hall–Kier alpha value is -2.23. The highest BCUT2D eigenvalue weighted by Crippen LogP contribution is 2.34. The van der Waals surface area contributed by atoms with Crippen molar-refractivity contribution in [2.45, 2.75) is 57.7 Å². The maximum Gasteiger partial charge on any atom is 0.333 e. The predicted octanol–water partition coefficient (Wildman–Crippen LogP) is 2.64. The lowest BCUT2D eigenvalue weighted by Crippen LogP contribution is -2.75. The Balaban J connectivity index is 0.000000375. The van der Waals surface area contributed by atoms with Gasteiger partial charge in [0.15, 0.2) is 22.8 Å². The van der Waals surface area contributed by atoms with Crippen molar-refractivity contribution in [3.8, 4) is 11.5 Å². The molecule has 3 heterocycles. The van der Waals surface area contributed by atoms with Gasteiger partial charge in [-0.15, -0.1) is 0 Å². The number of hydrogen-bond donors (Lipinski definition) is 1. The van der Waals surface area contributed by atoms with Gasteiger partial charge >= 0.3 is 5.97 Å². The zero-order valence-corrected chi connectivity index (χ0v) is 19.0. The van der Waals surface area contributed by atoms with Gasteiger partial charge in [0.05, 0.1) is 10.4 Å². The van der Waals surface area contributed by atoms with Gasteiger partial charge in [-0.2, -0.15) is 0 Å². The van der Waals surface area contributed by atoms with Gasteiger partial charge in [0.25, 0.3) is 5.91 Å². The number of nitrogens with zero attached hydrogens (tertiary/aromatic N) is 1. The summed E-state index contributed by atoms with van der Waals surface area (Å²) in [6, 6.07) is 5.71. The molecule has 2 bridgehead atoms. The van der Waals surface area contributed by atoms with E-state index >= 15 is 0 Å². The molecule has 0 radical (unpaired) electrons. The third kappa shape index (κ3) is 5.68. The second-order valence-electron chi connectivity index (χ2n) is 7.92. The Bertz CT molecular complexity index is 829. The molecule has 30 heavy (non-hydrogen) atoms. The lowest BCUT2D eigenvalue weighted by atomic mass is 9.99. The number of halogens is 1. The largest absolute Gasteiger partial charge is 0.597 e. The fourth-order valence-electron chi connectivity index (χ4n) is 2.90. The monoisotopic (exact) mass is 456 g/mol. The van der Waals surface area contributed by atoms with E-state index in [9.17, 15) is 18.9 Å². The highest BCUT2D eigenvalue weighted by molar-refractivity contribution is 8.14. The molecule has 10 heteroatoms. The number of carbonyl (C=O) groups excluding carboxylic acids is 3. The van der Waals surface area contributed by atoms with E-state index in [1.807, 2.05) is 24.3 Å². The first-order valence-electron chi connectivity index (χ1n) is 9.14. The number of hydrogen-bond acceptors (Lipinski definition) is 6. The van der Waals surface area contributed by atoms with Gasteiger partial charge in [0.1, 0.15) is 17.1 Å². The SMILES string of the molecule is C=C(C)C(C(=O)OC(C)(C)C)N1C(=O)C(NC(C)=O)C1[S+]([O-])Cl.c1cc2cc(c1)O2. The van der Waals surface area contributed by atoms with Gasteiger partial charge in [-0.05, 0) is 45.4 Å². The second-order valence-corrected chi connectivity index (χ2v) is 9.81. The van der Waals surface area contributed by atoms with Crippen molar-refractivity contribution < 1.29 is 28.4 Å². The van der Waals surface area contributed by atoms with Crippen LogP contribution >= 0.6 is 10.7 Å². The molecule has 164 valence electrons. The van der Waals surface area contributed by atoms with Crippen molar-refractivity contribution in [3.05, 3.63) is 36.4 Å². The van der Waals surface area contributed by atoms with Crippen LogP contribution in [0.1, 0.15) is 34.6 Å². The average molecular weight is 457 g/mol. The number of β-lactam (4-membered cyclic amide) rings is 1. The number of esters is 1. The first-order chi connectivity index (χ1) is 13.8. The summed E-state index contributed by atoms with van der Waals surface area (Å²) in [5.41, 5.74) is -0.410. The van der Waals surface area contributed by atoms with Crippen LogP contribution in [0.4, 0.5) is 0 Å². The van der Waals surface area contributed by atoms with E-state index in [1.54, 1.807) is 27.7 Å². The minimum atomic E-state index is -1.98. The number of rotatable bonds is 5. The van der Waals surface area contributed by atoms with Crippen molar-refractivity contribution in [1.29, 1.82) is 0 Å². The van der Waals surface area contributed by atoms with E-state index in [0.29, 0.717) is 5.57 Å². The maximum absolute atomic E-state index is 12.4. The topological polar surface area (TPSA) is 108 Å². The summed E-state index contributed by atoms with van der Waals surface area (Å²) in [7, 11) is 3.67. The van der Waals surface area contributed by atoms with E-state index in [0.717, 1.165) is 16.4 Å². The van der Waals surface area contributed by atoms with Crippen molar-refractivity contribution >= 4 is 38.9 Å². The second kappa shape index (κ2) is 9.28. The third-order valence-electron chi connectivity index (χ3n) is 4.04. The van der Waals surface area contributed by atoms with Gasteiger partial charge in [-0.25, -0.2) is 4.79 Å². The number of carbonyl (C=O) groups is 3. The van der Waals surface area contributed by atoms with Gasteiger partial charge in [-0.1, -0.05) is 12.6 Å². The summed E-state index contributed by atoms with van der Waals surface area (Å²) in [5.74, 6) is 0.263. The minimum absolute atomic E-state index is 0.348. The molecule has 3 aliphatic rings. The van der Waals surface area contributed by atoms with E-state index in [-0.39, 0.29) is 0 Å². The van der Waals surface area contributed by atoms with Crippen molar-refractivity contribution in [2.75, 3.05) is 0 Å². The standard InChI is InChI=1S/C14H21ClN2O5S.C6H4O/c1-7(2)10(13(20)22-14(4,5)6)17-11(19)9(16-8(3)18)12(17)23(15)21;1-2-5-4-6(3-1)7-5/h9-10,12H,1H2,2-6H3,(H,16,18);1-4H. The van der Waals surface area contributed by atoms with Crippen molar-refractivity contribution in [1.82, 2.24) is 10.2 Å². The molecule has 4 atom stereocenters. The van der Waals surface area contributed by atoms with Crippen molar-refractivity contribution in [2.24, 2.45) is 0 Å². The van der Waals surface area contributed by atoms with Gasteiger partial charge in [0.2, 0.25) is 11.3 Å². The number of fused-ring (bicyclic) bond motifs is 2. The summed E-state index contributed by atoms with van der Waals surface area (Å²) in [6.07, 6.45) is 0. The fourth-order valence-corrected chi connectivity index (χ4v) is 4.27. The number of nitrogens with one attached hydrogen (secondary N) is 1. The summed E-state index contributed by atoms with van der Waals surface area (Å²) < 4.78 is 22.1. The van der Waals surface area contributed by atoms with Crippen LogP contribution in [0.25, 0.3) is 0 Å². The maximum atomic E-state index is 12.4. The lowest BCUT2D eigenvalue weighted by Gasteiger charge is -2.47. The van der Waals surface area contributed by atoms with Crippen LogP contribution in [-0.4, -0.2) is 50.3 Å². The molecule has 0 spiro atoms. The van der Waals surface area contributed by atoms with E-state index in [4.69, 9.17) is 20.2 Å². The van der Waals surface area contributed by atoms with Crippen LogP contribution in [0.5, 0.6) is 11.5 Å². The van der Waals surface area contributed by atoms with Crippen LogP contribution in [0.3, 0.4) is 0 Å². The van der Waals surface area contributed by atoms with E-state index in [1.165, 1.54) is 6.92 Å². The summed E-state index contributed by atoms with van der Waals surface area (Å²) >= 11 is 0. The van der Waals surface area contributed by atoms with Crippen LogP contribution in [0, 0.1) is 0 Å². The minimum Gasteiger partial charge on any atom is -0.597 e.